The summed E-state index contributed by atoms with van der Waals surface area (Å²) >= 11 is 6.40. The highest BCUT2D eigenvalue weighted by molar-refractivity contribution is 6.30. The van der Waals surface area contributed by atoms with E-state index in [1.54, 1.807) is 20.0 Å². The zero-order valence-electron chi connectivity index (χ0n) is 19.3. The van der Waals surface area contributed by atoms with Crippen molar-refractivity contribution in [3.63, 3.8) is 0 Å². The van der Waals surface area contributed by atoms with Crippen LogP contribution in [0.5, 0.6) is 5.75 Å². The normalized spacial score (nSPS) is 19.9. The standard InChI is InChI=1S/C20H25ClN6O2/c1-10-7-23-14(11(2)17(10)29-3)9-27-8-12(6-15(28)24-13-4-5-13)16-18(21)25-20(22)26-19(16)27/h7,12-13H,4-6,8-9H2,1-3H3,(H,24,28)(H2,22,25,26)/t12-/m0/s1/i3D3. The highest BCUT2D eigenvalue weighted by atomic mass is 35.5. The number of nitrogens with two attached hydrogens (primary N) is 1. The number of carbonyl (C=O) groups is 1. The fraction of sp³-hybridized carbons (Fsp3) is 0.500. The molecule has 2 aromatic heterocycles. The molecule has 3 heterocycles. The molecule has 2 aromatic rings. The topological polar surface area (TPSA) is 106 Å². The van der Waals surface area contributed by atoms with E-state index < -0.39 is 7.04 Å². The van der Waals surface area contributed by atoms with E-state index in [4.69, 9.17) is 26.2 Å². The number of aryl methyl sites for hydroxylation is 1. The zero-order valence-corrected chi connectivity index (χ0v) is 17.1. The van der Waals surface area contributed by atoms with Crippen molar-refractivity contribution in [1.82, 2.24) is 20.3 Å². The number of fused-ring (bicyclic) bond motifs is 1. The molecule has 29 heavy (non-hydrogen) atoms. The molecule has 8 nitrogen and oxygen atoms in total. The lowest BCUT2D eigenvalue weighted by Gasteiger charge is -2.21. The number of anilines is 2. The van der Waals surface area contributed by atoms with Gasteiger partial charge in [0.2, 0.25) is 11.9 Å². The number of amides is 1. The second kappa shape index (κ2) is 7.67. The minimum Gasteiger partial charge on any atom is -0.496 e. The Kier molecular flexibility index (Phi) is 4.29. The molecule has 0 aromatic carbocycles. The lowest BCUT2D eigenvalue weighted by Crippen LogP contribution is -2.29. The van der Waals surface area contributed by atoms with Gasteiger partial charge in [-0.05, 0) is 26.7 Å². The van der Waals surface area contributed by atoms with Crippen molar-refractivity contribution >= 4 is 29.3 Å². The van der Waals surface area contributed by atoms with Gasteiger partial charge in [-0.3, -0.25) is 9.78 Å². The molecule has 1 amide bonds. The van der Waals surface area contributed by atoms with Gasteiger partial charge in [-0.15, -0.1) is 0 Å². The highest BCUT2D eigenvalue weighted by Gasteiger charge is 2.36. The first-order valence-electron chi connectivity index (χ1n) is 11.0. The molecule has 0 spiro atoms. The third-order valence-electron chi connectivity index (χ3n) is 5.41. The third-order valence-corrected chi connectivity index (χ3v) is 5.70. The molecule has 0 unspecified atom stereocenters. The number of ether oxygens (including phenoxy) is 1. The van der Waals surface area contributed by atoms with Crippen LogP contribution in [0, 0.1) is 13.8 Å². The monoisotopic (exact) mass is 419 g/mol. The second-order valence-corrected chi connectivity index (χ2v) is 8.04. The van der Waals surface area contributed by atoms with E-state index in [1.165, 1.54) is 0 Å². The maximum absolute atomic E-state index is 12.5. The van der Waals surface area contributed by atoms with Gasteiger partial charge >= 0.3 is 0 Å². The number of carbonyl (C=O) groups excluding carboxylic acids is 1. The van der Waals surface area contributed by atoms with Crippen LogP contribution in [-0.2, 0) is 11.3 Å². The summed E-state index contributed by atoms with van der Waals surface area (Å²) in [5.41, 5.74) is 8.43. The van der Waals surface area contributed by atoms with Crippen LogP contribution in [-0.4, -0.2) is 40.5 Å². The predicted molar refractivity (Wildman–Crippen MR) is 111 cm³/mol. The van der Waals surface area contributed by atoms with E-state index in [0.29, 0.717) is 41.3 Å². The molecule has 154 valence electrons. The summed E-state index contributed by atoms with van der Waals surface area (Å²) in [6, 6.07) is 0.272. The van der Waals surface area contributed by atoms with E-state index in [2.05, 4.69) is 20.3 Å². The number of hydrogen-bond acceptors (Lipinski definition) is 7. The molecule has 1 aliphatic carbocycles. The quantitative estimate of drug-likeness (QED) is 0.692. The first-order chi connectivity index (χ1) is 15.0. The number of nitrogens with one attached hydrogen (secondary N) is 1. The Morgan fingerprint density at radius 3 is 2.97 bits per heavy atom. The van der Waals surface area contributed by atoms with Crippen LogP contribution in [0.15, 0.2) is 6.20 Å². The average molecular weight is 420 g/mol. The Hall–Kier alpha value is -2.61. The van der Waals surface area contributed by atoms with Gasteiger partial charge in [0.25, 0.3) is 0 Å². The van der Waals surface area contributed by atoms with Crippen LogP contribution in [0.25, 0.3) is 0 Å². The number of methoxy groups -OCH3 is 1. The van der Waals surface area contributed by atoms with Crippen molar-refractivity contribution in [2.75, 3.05) is 24.2 Å². The summed E-state index contributed by atoms with van der Waals surface area (Å²) in [6.45, 7) is 4.33. The van der Waals surface area contributed by atoms with E-state index in [9.17, 15) is 4.79 Å². The Bertz CT molecular complexity index is 1060. The first-order valence-corrected chi connectivity index (χ1v) is 9.91. The Morgan fingerprint density at radius 1 is 1.45 bits per heavy atom. The zero-order chi connectivity index (χ0) is 23.2. The van der Waals surface area contributed by atoms with Crippen molar-refractivity contribution in [1.29, 1.82) is 0 Å². The molecular weight excluding hydrogens is 392 g/mol. The Morgan fingerprint density at radius 2 is 2.24 bits per heavy atom. The summed E-state index contributed by atoms with van der Waals surface area (Å²) in [6.07, 6.45) is 3.88. The number of aromatic nitrogens is 3. The van der Waals surface area contributed by atoms with Gasteiger partial charge in [0.05, 0.1) is 23.4 Å². The third kappa shape index (κ3) is 3.94. The largest absolute Gasteiger partial charge is 0.496 e. The number of hydrogen-bond donors (Lipinski definition) is 2. The lowest BCUT2D eigenvalue weighted by atomic mass is 10.00. The lowest BCUT2D eigenvalue weighted by molar-refractivity contribution is -0.121. The highest BCUT2D eigenvalue weighted by Crippen LogP contribution is 2.42. The van der Waals surface area contributed by atoms with Crippen LogP contribution in [0.3, 0.4) is 0 Å². The SMILES string of the molecule is [2H]C([2H])([2H])Oc1c(C)cnc(CN2C[C@H](CC(=O)NC3CC3)c3c(Cl)nc(N)nc32)c1C. The molecule has 1 fully saturated rings. The van der Waals surface area contributed by atoms with Gasteiger partial charge < -0.3 is 20.7 Å². The van der Waals surface area contributed by atoms with E-state index in [0.717, 1.165) is 12.8 Å². The van der Waals surface area contributed by atoms with Gasteiger partial charge in [-0.25, -0.2) is 4.98 Å². The van der Waals surface area contributed by atoms with Gasteiger partial charge in [0.15, 0.2) is 0 Å². The van der Waals surface area contributed by atoms with Crippen LogP contribution < -0.4 is 20.7 Å². The van der Waals surface area contributed by atoms with Crippen LogP contribution in [0.1, 0.15) is 51.7 Å². The van der Waals surface area contributed by atoms with Gasteiger partial charge in [0, 0.05) is 47.8 Å². The van der Waals surface area contributed by atoms with E-state index >= 15 is 0 Å². The van der Waals surface area contributed by atoms with Crippen LogP contribution in [0.4, 0.5) is 11.8 Å². The van der Waals surface area contributed by atoms with Crippen molar-refractivity contribution in [2.45, 2.75) is 51.6 Å². The molecule has 0 bridgehead atoms. The average Bonchev–Trinajstić information content (AvgIpc) is 3.42. The minimum atomic E-state index is -2.57. The van der Waals surface area contributed by atoms with Crippen molar-refractivity contribution in [2.24, 2.45) is 0 Å². The Labute approximate surface area is 179 Å². The van der Waals surface area contributed by atoms with Crippen LogP contribution in [0.2, 0.25) is 5.15 Å². The Balaban J connectivity index is 1.62. The van der Waals surface area contributed by atoms with Crippen molar-refractivity contribution in [3.05, 3.63) is 33.7 Å². The fourth-order valence-corrected chi connectivity index (χ4v) is 4.11. The van der Waals surface area contributed by atoms with Crippen LogP contribution >= 0.6 is 11.6 Å². The summed E-state index contributed by atoms with van der Waals surface area (Å²) in [7, 11) is -2.57. The number of rotatable bonds is 6. The summed E-state index contributed by atoms with van der Waals surface area (Å²) < 4.78 is 27.5. The minimum absolute atomic E-state index is 0.0313. The summed E-state index contributed by atoms with van der Waals surface area (Å²) in [4.78, 5) is 27.3. The molecule has 3 N–H and O–H groups in total. The molecule has 1 aliphatic heterocycles. The molecular formula is C20H25ClN6O2. The summed E-state index contributed by atoms with van der Waals surface area (Å²) in [5.74, 6) is 0.667. The molecule has 1 atom stereocenters. The molecule has 2 aliphatic rings. The molecule has 0 radical (unpaired) electrons. The molecule has 9 heteroatoms. The smallest absolute Gasteiger partial charge is 0.223 e. The fourth-order valence-electron chi connectivity index (χ4n) is 3.78. The van der Waals surface area contributed by atoms with Gasteiger partial charge in [-0.1, -0.05) is 11.6 Å². The van der Waals surface area contributed by atoms with Gasteiger partial charge in [-0.2, -0.15) is 4.98 Å². The molecule has 1 saturated carbocycles. The van der Waals surface area contributed by atoms with E-state index in [1.807, 2.05) is 4.90 Å². The number of nitrogen functional groups attached to an aromatic ring is 1. The van der Waals surface area contributed by atoms with Crippen molar-refractivity contribution < 1.29 is 13.6 Å². The first kappa shape index (κ1) is 16.2. The van der Waals surface area contributed by atoms with E-state index in [-0.39, 0.29) is 41.1 Å². The molecule has 0 saturated heterocycles. The maximum Gasteiger partial charge on any atom is 0.223 e. The summed E-state index contributed by atoms with van der Waals surface area (Å²) in [5, 5.41) is 3.24. The predicted octanol–water partition coefficient (Wildman–Crippen LogP) is 2.51. The van der Waals surface area contributed by atoms with Gasteiger partial charge in [0.1, 0.15) is 16.7 Å². The number of halogens is 1. The number of pyridine rings is 1. The number of nitrogens with zero attached hydrogens (tertiary/aromatic N) is 4. The second-order valence-electron chi connectivity index (χ2n) is 7.68. The molecule has 4 rings (SSSR count). The maximum atomic E-state index is 12.5. The van der Waals surface area contributed by atoms with Crippen molar-refractivity contribution in [3.8, 4) is 5.75 Å².